The minimum atomic E-state index is -1.01. The summed E-state index contributed by atoms with van der Waals surface area (Å²) in [7, 11) is 0. The van der Waals surface area contributed by atoms with Crippen molar-refractivity contribution in [2.24, 2.45) is 0 Å². The molecule has 1 fully saturated rings. The molecule has 0 saturated carbocycles. The summed E-state index contributed by atoms with van der Waals surface area (Å²) >= 11 is 6.77. The Morgan fingerprint density at radius 2 is 1.84 bits per heavy atom. The smallest absolute Gasteiger partial charge is 0.244 e. The first-order valence-electron chi connectivity index (χ1n) is 10.2. The van der Waals surface area contributed by atoms with Gasteiger partial charge in [-0.1, -0.05) is 54.1 Å². The van der Waals surface area contributed by atoms with Gasteiger partial charge < -0.3 is 4.90 Å². The molecule has 1 saturated heterocycles. The molecule has 1 amide bonds. The fourth-order valence-corrected chi connectivity index (χ4v) is 4.24. The van der Waals surface area contributed by atoms with Gasteiger partial charge in [0.15, 0.2) is 5.65 Å². The van der Waals surface area contributed by atoms with E-state index in [1.807, 2.05) is 30.3 Å². The Bertz CT molecular complexity index is 1310. The summed E-state index contributed by atoms with van der Waals surface area (Å²) in [6.45, 7) is 0.286. The summed E-state index contributed by atoms with van der Waals surface area (Å²) in [6, 6.07) is 15.3. The molecule has 9 heteroatoms. The second kappa shape index (κ2) is 8.27. The van der Waals surface area contributed by atoms with Crippen molar-refractivity contribution in [3.8, 4) is 22.5 Å². The van der Waals surface area contributed by atoms with Crippen molar-refractivity contribution in [3.63, 3.8) is 0 Å². The lowest BCUT2D eigenvalue weighted by molar-refractivity contribution is -0.131. The highest BCUT2D eigenvalue weighted by Crippen LogP contribution is 2.37. The summed E-state index contributed by atoms with van der Waals surface area (Å²) in [4.78, 5) is 14.2. The van der Waals surface area contributed by atoms with Crippen LogP contribution in [0.1, 0.15) is 6.42 Å². The quantitative estimate of drug-likeness (QED) is 0.455. The second-order valence-corrected chi connectivity index (χ2v) is 8.05. The molecule has 6 nitrogen and oxygen atoms in total. The van der Waals surface area contributed by atoms with E-state index in [9.17, 15) is 13.6 Å². The Hall–Kier alpha value is -3.39. The molecule has 4 aromatic rings. The van der Waals surface area contributed by atoms with E-state index in [1.165, 1.54) is 21.7 Å². The number of halogens is 3. The van der Waals surface area contributed by atoms with Gasteiger partial charge in [-0.3, -0.25) is 4.79 Å². The molecule has 0 radical (unpaired) electrons. The lowest BCUT2D eigenvalue weighted by Gasteiger charge is -2.15. The van der Waals surface area contributed by atoms with Crippen molar-refractivity contribution < 1.29 is 13.6 Å². The summed E-state index contributed by atoms with van der Waals surface area (Å²) in [5, 5.41) is 13.9. The van der Waals surface area contributed by atoms with Crippen molar-refractivity contribution in [2.75, 3.05) is 13.1 Å². The Morgan fingerprint density at radius 3 is 2.56 bits per heavy atom. The number of rotatable bonds is 4. The zero-order chi connectivity index (χ0) is 22.2. The Kier molecular flexibility index (Phi) is 5.30. The maximum Gasteiger partial charge on any atom is 0.244 e. The molecule has 0 bridgehead atoms. The molecule has 0 aliphatic carbocycles. The molecule has 1 atom stereocenters. The molecule has 1 aliphatic heterocycles. The van der Waals surface area contributed by atoms with Gasteiger partial charge in [-0.2, -0.15) is 5.10 Å². The molecule has 32 heavy (non-hydrogen) atoms. The van der Waals surface area contributed by atoms with Crippen molar-refractivity contribution in [1.82, 2.24) is 24.9 Å². The van der Waals surface area contributed by atoms with E-state index in [0.29, 0.717) is 46.0 Å². The number of likely N-dealkylation sites (tertiary alicyclic amines) is 1. The molecule has 2 aromatic heterocycles. The van der Waals surface area contributed by atoms with Crippen molar-refractivity contribution in [1.29, 1.82) is 0 Å². The van der Waals surface area contributed by atoms with Crippen LogP contribution in [0, 0.1) is 5.82 Å². The second-order valence-electron chi connectivity index (χ2n) is 7.67. The highest BCUT2D eigenvalue weighted by Gasteiger charge is 2.28. The van der Waals surface area contributed by atoms with Gasteiger partial charge in [0.05, 0.1) is 17.0 Å². The summed E-state index contributed by atoms with van der Waals surface area (Å²) in [5.74, 6) is -0.695. The number of hydrogen-bond acceptors (Lipinski definition) is 4. The van der Waals surface area contributed by atoms with Crippen molar-refractivity contribution >= 4 is 28.5 Å². The van der Waals surface area contributed by atoms with Crippen LogP contribution in [-0.2, 0) is 11.3 Å². The van der Waals surface area contributed by atoms with Crippen molar-refractivity contribution in [2.45, 2.75) is 19.1 Å². The molecule has 2 aromatic carbocycles. The fourth-order valence-electron chi connectivity index (χ4n) is 3.92. The van der Waals surface area contributed by atoms with E-state index in [4.69, 9.17) is 11.6 Å². The number of nitrogens with zero attached hydrogens (tertiary/aromatic N) is 5. The van der Waals surface area contributed by atoms with Gasteiger partial charge in [0.2, 0.25) is 5.91 Å². The number of benzene rings is 2. The summed E-state index contributed by atoms with van der Waals surface area (Å²) in [6.07, 6.45) is -0.689. The van der Waals surface area contributed by atoms with Crippen LogP contribution in [0.15, 0.2) is 54.6 Å². The van der Waals surface area contributed by atoms with Crippen LogP contribution in [-0.4, -0.2) is 50.0 Å². The number of carbonyl (C=O) groups excluding carboxylic acids is 1. The van der Waals surface area contributed by atoms with Gasteiger partial charge in [-0.25, -0.2) is 13.5 Å². The SMILES string of the molecule is O=C(Cn1nc(-c2cccc(F)c2)c2c(Cl)c(-c3ccccc3)nnc21)N1CCC(F)C1. The largest absolute Gasteiger partial charge is 0.338 e. The minimum absolute atomic E-state index is 0.0688. The number of alkyl halides is 1. The van der Waals surface area contributed by atoms with Gasteiger partial charge in [0.1, 0.15) is 29.9 Å². The zero-order valence-corrected chi connectivity index (χ0v) is 17.6. The van der Waals surface area contributed by atoms with Gasteiger partial charge in [0.25, 0.3) is 0 Å². The third-order valence-electron chi connectivity index (χ3n) is 5.51. The van der Waals surface area contributed by atoms with E-state index in [0.717, 1.165) is 5.56 Å². The number of aromatic nitrogens is 4. The van der Waals surface area contributed by atoms with Crippen LogP contribution >= 0.6 is 11.6 Å². The maximum atomic E-state index is 14.0. The highest BCUT2D eigenvalue weighted by molar-refractivity contribution is 6.38. The van der Waals surface area contributed by atoms with E-state index in [1.54, 1.807) is 12.1 Å². The lowest BCUT2D eigenvalue weighted by Crippen LogP contribution is -2.32. The monoisotopic (exact) mass is 453 g/mol. The Labute approximate surface area is 187 Å². The van der Waals surface area contributed by atoms with Gasteiger partial charge in [-0.15, -0.1) is 10.2 Å². The topological polar surface area (TPSA) is 63.9 Å². The zero-order valence-electron chi connectivity index (χ0n) is 16.9. The third kappa shape index (κ3) is 3.71. The van der Waals surface area contributed by atoms with Crippen LogP contribution in [0.25, 0.3) is 33.5 Å². The minimum Gasteiger partial charge on any atom is -0.338 e. The van der Waals surface area contributed by atoms with Crippen LogP contribution in [0.4, 0.5) is 8.78 Å². The normalized spacial score (nSPS) is 16.1. The first-order valence-corrected chi connectivity index (χ1v) is 10.5. The average Bonchev–Trinajstić information content (AvgIpc) is 3.39. The molecule has 5 rings (SSSR count). The third-order valence-corrected chi connectivity index (χ3v) is 5.88. The van der Waals surface area contributed by atoms with Crippen LogP contribution < -0.4 is 0 Å². The van der Waals surface area contributed by atoms with Gasteiger partial charge in [-0.05, 0) is 18.6 Å². The van der Waals surface area contributed by atoms with Crippen LogP contribution in [0.5, 0.6) is 0 Å². The molecule has 162 valence electrons. The molecule has 0 N–H and O–H groups in total. The van der Waals surface area contributed by atoms with Gasteiger partial charge in [0, 0.05) is 17.7 Å². The molecule has 1 unspecified atom stereocenters. The molecule has 3 heterocycles. The number of carbonyl (C=O) groups is 1. The predicted octanol–water partition coefficient (Wildman–Crippen LogP) is 4.52. The van der Waals surface area contributed by atoms with Crippen molar-refractivity contribution in [3.05, 3.63) is 65.4 Å². The molecule has 0 spiro atoms. The molecule has 1 aliphatic rings. The standard InChI is InChI=1S/C23H18ClF2N5O/c24-20-19-21(15-7-4-8-16(25)11-15)29-31(13-18(32)30-10-9-17(26)12-30)23(19)28-27-22(20)14-5-2-1-3-6-14/h1-8,11,17H,9-10,12-13H2. The van der Waals surface area contributed by atoms with Crippen LogP contribution in [0.2, 0.25) is 5.02 Å². The highest BCUT2D eigenvalue weighted by atomic mass is 35.5. The van der Waals surface area contributed by atoms with Crippen LogP contribution in [0.3, 0.4) is 0 Å². The van der Waals surface area contributed by atoms with E-state index >= 15 is 0 Å². The number of hydrogen-bond donors (Lipinski definition) is 0. The average molecular weight is 454 g/mol. The molecular formula is C23H18ClF2N5O. The summed E-state index contributed by atoms with van der Waals surface area (Å²) in [5.41, 5.74) is 2.43. The number of fused-ring (bicyclic) bond motifs is 1. The van der Waals surface area contributed by atoms with E-state index in [2.05, 4.69) is 15.3 Å². The lowest BCUT2D eigenvalue weighted by atomic mass is 10.1. The first-order chi connectivity index (χ1) is 15.5. The Balaban J connectivity index is 1.65. The first kappa shape index (κ1) is 20.5. The summed E-state index contributed by atoms with van der Waals surface area (Å²) < 4.78 is 28.9. The molecular weight excluding hydrogens is 436 g/mol. The maximum absolute atomic E-state index is 14.0. The van der Waals surface area contributed by atoms with E-state index in [-0.39, 0.29) is 19.0 Å². The fraction of sp³-hybridized carbons (Fsp3) is 0.217. The van der Waals surface area contributed by atoms with E-state index < -0.39 is 12.0 Å². The van der Waals surface area contributed by atoms with Gasteiger partial charge >= 0.3 is 0 Å². The predicted molar refractivity (Wildman–Crippen MR) is 117 cm³/mol. The Morgan fingerprint density at radius 1 is 1.06 bits per heavy atom. The number of amides is 1.